The quantitative estimate of drug-likeness (QED) is 0.516. The zero-order valence-corrected chi connectivity index (χ0v) is 12.4. The number of carbonyl (C=O) groups is 1. The molecule has 1 heterocycles. The lowest BCUT2D eigenvalue weighted by Crippen LogP contribution is -2.39. The first-order valence-corrected chi connectivity index (χ1v) is 7.71. The number of nitrogens with one attached hydrogen (secondary N) is 1. The molecule has 1 N–H and O–H groups in total. The van der Waals surface area contributed by atoms with Crippen LogP contribution < -0.4 is 0 Å². The molecule has 0 radical (unpaired) electrons. The Morgan fingerprint density at radius 1 is 1.19 bits per heavy atom. The van der Waals surface area contributed by atoms with Crippen LogP contribution >= 0.6 is 0 Å². The third-order valence-electron chi connectivity index (χ3n) is 3.71. The van der Waals surface area contributed by atoms with E-state index in [1.807, 2.05) is 18.2 Å². The van der Waals surface area contributed by atoms with Gasteiger partial charge in [0.25, 0.3) is 5.91 Å². The molecule has 112 valence electrons. The number of nitrogens with zero attached hydrogens (tertiary/aromatic N) is 2. The summed E-state index contributed by atoms with van der Waals surface area (Å²) < 4.78 is 0. The second-order valence-corrected chi connectivity index (χ2v) is 5.39. The van der Waals surface area contributed by atoms with E-state index in [-0.39, 0.29) is 11.7 Å². The second-order valence-electron chi connectivity index (χ2n) is 5.39. The molecule has 1 fully saturated rings. The lowest BCUT2D eigenvalue weighted by atomic mass is 10.1. The molecule has 4 heteroatoms. The summed E-state index contributed by atoms with van der Waals surface area (Å²) in [5.41, 5.74) is 1.31. The fourth-order valence-corrected chi connectivity index (χ4v) is 2.50. The number of amides is 1. The summed E-state index contributed by atoms with van der Waals surface area (Å²) >= 11 is 0. The molecule has 0 unspecified atom stereocenters. The van der Waals surface area contributed by atoms with Gasteiger partial charge in [-0.1, -0.05) is 30.3 Å². The van der Waals surface area contributed by atoms with Crippen molar-refractivity contribution in [2.45, 2.75) is 38.5 Å². The zero-order valence-electron chi connectivity index (χ0n) is 12.4. The van der Waals surface area contributed by atoms with Crippen molar-refractivity contribution in [2.75, 3.05) is 13.1 Å². The summed E-state index contributed by atoms with van der Waals surface area (Å²) in [7, 11) is 0. The Labute approximate surface area is 126 Å². The van der Waals surface area contributed by atoms with Crippen LogP contribution in [0.15, 0.2) is 35.3 Å². The Hall–Kier alpha value is -1.97. The lowest BCUT2D eigenvalue weighted by molar-refractivity contribution is -0.125. The molecule has 1 aromatic carbocycles. The maximum atomic E-state index is 12.0. The number of aryl methyl sites for hydroxylation is 1. The highest BCUT2D eigenvalue weighted by molar-refractivity contribution is 6.37. The minimum atomic E-state index is -0.228. The number of carbonyl (C=O) groups excluding carboxylic acids is 1. The molecule has 0 saturated carbocycles. The minimum Gasteiger partial charge on any atom is -0.336 e. The van der Waals surface area contributed by atoms with Gasteiger partial charge in [-0.2, -0.15) is 0 Å². The predicted octanol–water partition coefficient (Wildman–Crippen LogP) is 3.07. The lowest BCUT2D eigenvalue weighted by Gasteiger charge is -2.25. The van der Waals surface area contributed by atoms with E-state index >= 15 is 0 Å². The first-order chi connectivity index (χ1) is 10.3. The van der Waals surface area contributed by atoms with Gasteiger partial charge in [0.2, 0.25) is 5.84 Å². The molecule has 0 atom stereocenters. The van der Waals surface area contributed by atoms with Gasteiger partial charge in [0, 0.05) is 19.3 Å². The SMILES string of the molecule is N=C(N=CCCCc1ccccc1)C(=O)N1CCCCC1. The largest absolute Gasteiger partial charge is 0.336 e. The van der Waals surface area contributed by atoms with E-state index in [2.05, 4.69) is 17.1 Å². The van der Waals surface area contributed by atoms with Crippen LogP contribution in [0.5, 0.6) is 0 Å². The van der Waals surface area contributed by atoms with Gasteiger partial charge < -0.3 is 4.90 Å². The van der Waals surface area contributed by atoms with Gasteiger partial charge in [-0.3, -0.25) is 10.2 Å². The molecule has 0 aromatic heterocycles. The smallest absolute Gasteiger partial charge is 0.291 e. The average Bonchev–Trinajstić information content (AvgIpc) is 2.55. The van der Waals surface area contributed by atoms with Gasteiger partial charge in [-0.05, 0) is 44.1 Å². The van der Waals surface area contributed by atoms with Crippen molar-refractivity contribution < 1.29 is 4.79 Å². The molecular formula is C17H23N3O. The van der Waals surface area contributed by atoms with Crippen LogP contribution in [0.25, 0.3) is 0 Å². The van der Waals surface area contributed by atoms with E-state index in [9.17, 15) is 4.79 Å². The molecule has 1 aromatic rings. The number of rotatable bonds is 4. The van der Waals surface area contributed by atoms with Crippen molar-refractivity contribution >= 4 is 18.0 Å². The zero-order chi connectivity index (χ0) is 14.9. The third-order valence-corrected chi connectivity index (χ3v) is 3.71. The maximum Gasteiger partial charge on any atom is 0.291 e. The van der Waals surface area contributed by atoms with Crippen LogP contribution in [0, 0.1) is 5.41 Å². The molecule has 1 aliphatic rings. The molecule has 0 spiro atoms. The second kappa shape index (κ2) is 8.35. The van der Waals surface area contributed by atoms with Crippen LogP contribution in [0.1, 0.15) is 37.7 Å². The number of amidine groups is 1. The number of likely N-dealkylation sites (tertiary alicyclic amines) is 1. The van der Waals surface area contributed by atoms with Gasteiger partial charge in [-0.15, -0.1) is 0 Å². The number of hydrogen-bond acceptors (Lipinski definition) is 2. The Bertz CT molecular complexity index is 490. The van der Waals surface area contributed by atoms with Crippen LogP contribution in [0.4, 0.5) is 0 Å². The molecule has 1 saturated heterocycles. The molecule has 0 bridgehead atoms. The number of piperidine rings is 1. The van der Waals surface area contributed by atoms with E-state index in [1.54, 1.807) is 11.1 Å². The minimum absolute atomic E-state index is 0.128. The summed E-state index contributed by atoms with van der Waals surface area (Å²) in [5, 5.41) is 7.74. The predicted molar refractivity (Wildman–Crippen MR) is 86.0 cm³/mol. The molecule has 1 aliphatic heterocycles. The Kier molecular flexibility index (Phi) is 6.13. The molecular weight excluding hydrogens is 262 g/mol. The van der Waals surface area contributed by atoms with Crippen molar-refractivity contribution in [1.29, 1.82) is 5.41 Å². The first-order valence-electron chi connectivity index (χ1n) is 7.71. The van der Waals surface area contributed by atoms with Crippen LogP contribution in [0.3, 0.4) is 0 Å². The van der Waals surface area contributed by atoms with Gasteiger partial charge in [0.15, 0.2) is 0 Å². The van der Waals surface area contributed by atoms with Crippen LogP contribution in [-0.2, 0) is 11.2 Å². The van der Waals surface area contributed by atoms with E-state index in [4.69, 9.17) is 5.41 Å². The standard InChI is InChI=1S/C17H23N3O/c18-16(17(21)20-13-7-2-8-14-20)19-12-6-5-11-15-9-3-1-4-10-15/h1,3-4,9-10,12,18H,2,5-8,11,13-14H2. The van der Waals surface area contributed by atoms with E-state index in [0.29, 0.717) is 0 Å². The number of unbranched alkanes of at least 4 members (excludes halogenated alkanes) is 1. The molecule has 0 aliphatic carbocycles. The molecule has 4 nitrogen and oxygen atoms in total. The molecule has 2 rings (SSSR count). The molecule has 21 heavy (non-hydrogen) atoms. The topological polar surface area (TPSA) is 56.5 Å². The monoisotopic (exact) mass is 285 g/mol. The van der Waals surface area contributed by atoms with Gasteiger partial charge in [0.1, 0.15) is 0 Å². The van der Waals surface area contributed by atoms with Crippen LogP contribution in [0.2, 0.25) is 0 Å². The first kappa shape index (κ1) is 15.4. The fourth-order valence-electron chi connectivity index (χ4n) is 2.50. The Morgan fingerprint density at radius 3 is 2.62 bits per heavy atom. The van der Waals surface area contributed by atoms with Crippen molar-refractivity contribution in [3.8, 4) is 0 Å². The average molecular weight is 285 g/mol. The Morgan fingerprint density at radius 2 is 1.90 bits per heavy atom. The van der Waals surface area contributed by atoms with E-state index < -0.39 is 0 Å². The van der Waals surface area contributed by atoms with E-state index in [1.165, 1.54) is 12.0 Å². The van der Waals surface area contributed by atoms with Crippen LogP contribution in [-0.4, -0.2) is 35.9 Å². The van der Waals surface area contributed by atoms with Crippen molar-refractivity contribution in [3.05, 3.63) is 35.9 Å². The highest BCUT2D eigenvalue weighted by Gasteiger charge is 2.19. The normalized spacial score (nSPS) is 15.3. The third kappa shape index (κ3) is 5.14. The Balaban J connectivity index is 1.68. The maximum absolute atomic E-state index is 12.0. The number of aliphatic imine (C=N–C) groups is 1. The summed E-state index contributed by atoms with van der Waals surface area (Å²) in [6.45, 7) is 1.54. The van der Waals surface area contributed by atoms with Crippen molar-refractivity contribution in [1.82, 2.24) is 4.90 Å². The van der Waals surface area contributed by atoms with Gasteiger partial charge >= 0.3 is 0 Å². The summed E-state index contributed by atoms with van der Waals surface area (Å²) in [6, 6.07) is 10.3. The highest BCUT2D eigenvalue weighted by Crippen LogP contribution is 2.09. The summed E-state index contributed by atoms with van der Waals surface area (Å²) in [5.74, 6) is -0.356. The summed E-state index contributed by atoms with van der Waals surface area (Å²) in [6.07, 6.45) is 7.75. The van der Waals surface area contributed by atoms with Crippen molar-refractivity contribution in [3.63, 3.8) is 0 Å². The highest BCUT2D eigenvalue weighted by atomic mass is 16.2. The summed E-state index contributed by atoms with van der Waals surface area (Å²) in [4.78, 5) is 17.7. The van der Waals surface area contributed by atoms with Gasteiger partial charge in [-0.25, -0.2) is 4.99 Å². The van der Waals surface area contributed by atoms with Gasteiger partial charge in [0.05, 0.1) is 0 Å². The number of hydrogen-bond donors (Lipinski definition) is 1. The molecule has 1 amide bonds. The van der Waals surface area contributed by atoms with E-state index in [0.717, 1.165) is 45.2 Å². The van der Waals surface area contributed by atoms with Crippen molar-refractivity contribution in [2.24, 2.45) is 4.99 Å². The fraction of sp³-hybridized carbons (Fsp3) is 0.471. The number of benzene rings is 1.